The predicted octanol–water partition coefficient (Wildman–Crippen LogP) is 2.79. The molecule has 0 atom stereocenters. The highest BCUT2D eigenvalue weighted by Crippen LogP contribution is 2.13. The van der Waals surface area contributed by atoms with Gasteiger partial charge in [-0.3, -0.25) is 0 Å². The molecular weight excluding hydrogens is 274 g/mol. The molecule has 110 valence electrons. The van der Waals surface area contributed by atoms with Gasteiger partial charge in [0.2, 0.25) is 0 Å². The van der Waals surface area contributed by atoms with Gasteiger partial charge in [0.15, 0.2) is 5.96 Å². The van der Waals surface area contributed by atoms with Crippen molar-refractivity contribution < 1.29 is 8.78 Å². The molecule has 2 aromatic carbocycles. The lowest BCUT2D eigenvalue weighted by Crippen LogP contribution is -2.34. The summed E-state index contributed by atoms with van der Waals surface area (Å²) >= 11 is 0. The summed E-state index contributed by atoms with van der Waals surface area (Å²) < 4.78 is 25.9. The van der Waals surface area contributed by atoms with Crippen LogP contribution in [0.5, 0.6) is 0 Å². The summed E-state index contributed by atoms with van der Waals surface area (Å²) in [5.74, 6) is -0.388. The molecule has 0 unspecified atom stereocenters. The van der Waals surface area contributed by atoms with Crippen LogP contribution >= 0.6 is 0 Å². The van der Waals surface area contributed by atoms with Crippen molar-refractivity contribution in [1.82, 2.24) is 0 Å². The van der Waals surface area contributed by atoms with Gasteiger partial charge in [-0.15, -0.1) is 0 Å². The SMILES string of the molecule is CN(C(N)=NCNc1ccc(F)cc1)c1cccc(F)c1. The lowest BCUT2D eigenvalue weighted by Gasteiger charge is -2.18. The van der Waals surface area contributed by atoms with E-state index in [0.29, 0.717) is 5.69 Å². The zero-order valence-corrected chi connectivity index (χ0v) is 11.6. The third kappa shape index (κ3) is 4.17. The number of nitrogens with two attached hydrogens (primary N) is 1. The number of hydrogen-bond acceptors (Lipinski definition) is 2. The third-order valence-electron chi connectivity index (χ3n) is 2.91. The van der Waals surface area contributed by atoms with Gasteiger partial charge < -0.3 is 16.0 Å². The fourth-order valence-electron chi connectivity index (χ4n) is 1.70. The molecule has 0 saturated heterocycles. The maximum absolute atomic E-state index is 13.1. The molecule has 4 nitrogen and oxygen atoms in total. The summed E-state index contributed by atoms with van der Waals surface area (Å²) in [7, 11) is 1.70. The van der Waals surface area contributed by atoms with Crippen LogP contribution in [-0.4, -0.2) is 19.7 Å². The number of nitrogens with zero attached hydrogens (tertiary/aromatic N) is 2. The van der Waals surface area contributed by atoms with E-state index in [0.717, 1.165) is 5.69 Å². The first-order valence-corrected chi connectivity index (χ1v) is 6.35. The van der Waals surface area contributed by atoms with Crippen molar-refractivity contribution in [2.24, 2.45) is 10.7 Å². The first kappa shape index (κ1) is 14.8. The van der Waals surface area contributed by atoms with Crippen molar-refractivity contribution in [2.75, 3.05) is 23.9 Å². The monoisotopic (exact) mass is 290 g/mol. The Hall–Kier alpha value is -2.63. The average molecular weight is 290 g/mol. The summed E-state index contributed by atoms with van der Waals surface area (Å²) in [6.45, 7) is 0.233. The van der Waals surface area contributed by atoms with Crippen LogP contribution in [-0.2, 0) is 0 Å². The Balaban J connectivity index is 1.95. The average Bonchev–Trinajstić information content (AvgIpc) is 2.48. The quantitative estimate of drug-likeness (QED) is 0.672. The number of rotatable bonds is 4. The van der Waals surface area contributed by atoms with Crippen molar-refractivity contribution in [3.63, 3.8) is 0 Å². The summed E-state index contributed by atoms with van der Waals surface area (Å²) in [5.41, 5.74) is 7.19. The number of benzene rings is 2. The van der Waals surface area contributed by atoms with E-state index in [9.17, 15) is 8.78 Å². The molecule has 21 heavy (non-hydrogen) atoms. The fraction of sp³-hybridized carbons (Fsp3) is 0.133. The second-order valence-electron chi connectivity index (χ2n) is 4.40. The molecule has 0 heterocycles. The lowest BCUT2D eigenvalue weighted by molar-refractivity contribution is 0.627. The second-order valence-corrected chi connectivity index (χ2v) is 4.40. The van der Waals surface area contributed by atoms with Crippen LogP contribution in [0.2, 0.25) is 0 Å². The van der Waals surface area contributed by atoms with Gasteiger partial charge in [0.05, 0.1) is 0 Å². The number of anilines is 2. The molecule has 2 rings (SSSR count). The summed E-state index contributed by atoms with van der Waals surface area (Å²) in [5, 5.41) is 2.99. The largest absolute Gasteiger partial charge is 0.369 e. The highest BCUT2D eigenvalue weighted by molar-refractivity contribution is 5.94. The number of guanidine groups is 1. The van der Waals surface area contributed by atoms with Crippen LogP contribution < -0.4 is 16.0 Å². The van der Waals surface area contributed by atoms with Crippen molar-refractivity contribution in [3.8, 4) is 0 Å². The van der Waals surface area contributed by atoms with Crippen LogP contribution in [0.3, 0.4) is 0 Å². The van der Waals surface area contributed by atoms with E-state index in [2.05, 4.69) is 10.3 Å². The molecule has 0 aromatic heterocycles. The third-order valence-corrected chi connectivity index (χ3v) is 2.91. The lowest BCUT2D eigenvalue weighted by atomic mass is 10.3. The van der Waals surface area contributed by atoms with Crippen molar-refractivity contribution in [2.45, 2.75) is 0 Å². The Morgan fingerprint density at radius 3 is 2.52 bits per heavy atom. The summed E-state index contributed by atoms with van der Waals surface area (Å²) in [4.78, 5) is 5.72. The normalized spacial score (nSPS) is 11.3. The highest BCUT2D eigenvalue weighted by atomic mass is 19.1. The zero-order valence-electron chi connectivity index (χ0n) is 11.6. The minimum Gasteiger partial charge on any atom is -0.369 e. The van der Waals surface area contributed by atoms with E-state index >= 15 is 0 Å². The van der Waals surface area contributed by atoms with Gasteiger partial charge in [0.1, 0.15) is 18.3 Å². The summed E-state index contributed by atoms with van der Waals surface area (Å²) in [6, 6.07) is 12.0. The molecular formula is C15H16F2N4. The molecule has 6 heteroatoms. The Morgan fingerprint density at radius 2 is 1.86 bits per heavy atom. The Morgan fingerprint density at radius 1 is 1.14 bits per heavy atom. The molecule has 0 amide bonds. The molecule has 0 fully saturated rings. The summed E-state index contributed by atoms with van der Waals surface area (Å²) in [6.07, 6.45) is 0. The Kier molecular flexibility index (Phi) is 4.71. The molecule has 0 radical (unpaired) electrons. The fourth-order valence-corrected chi connectivity index (χ4v) is 1.70. The van der Waals surface area contributed by atoms with Crippen molar-refractivity contribution in [3.05, 3.63) is 60.2 Å². The van der Waals surface area contributed by atoms with Gasteiger partial charge in [0.25, 0.3) is 0 Å². The first-order valence-electron chi connectivity index (χ1n) is 6.35. The van der Waals surface area contributed by atoms with E-state index in [1.807, 2.05) is 0 Å². The smallest absolute Gasteiger partial charge is 0.197 e. The number of nitrogens with one attached hydrogen (secondary N) is 1. The van der Waals surface area contributed by atoms with Crippen molar-refractivity contribution >= 4 is 17.3 Å². The van der Waals surface area contributed by atoms with Gasteiger partial charge in [-0.25, -0.2) is 13.8 Å². The van der Waals surface area contributed by atoms with Crippen molar-refractivity contribution in [1.29, 1.82) is 0 Å². The molecule has 3 N–H and O–H groups in total. The maximum atomic E-state index is 13.1. The topological polar surface area (TPSA) is 53.6 Å². The number of hydrogen-bond donors (Lipinski definition) is 2. The van der Waals surface area contributed by atoms with Crippen LogP contribution in [0.1, 0.15) is 0 Å². The van der Waals surface area contributed by atoms with Gasteiger partial charge in [-0.2, -0.15) is 0 Å². The van der Waals surface area contributed by atoms with Gasteiger partial charge in [-0.1, -0.05) is 6.07 Å². The zero-order chi connectivity index (χ0) is 15.2. The first-order chi connectivity index (χ1) is 10.1. The minimum atomic E-state index is -0.336. The van der Waals surface area contributed by atoms with E-state index in [4.69, 9.17) is 5.73 Å². The molecule has 0 aliphatic carbocycles. The van der Waals surface area contributed by atoms with Crippen LogP contribution in [0.25, 0.3) is 0 Å². The van der Waals surface area contributed by atoms with E-state index in [-0.39, 0.29) is 24.3 Å². The minimum absolute atomic E-state index is 0.233. The Labute approximate surface area is 121 Å². The van der Waals surface area contributed by atoms with E-state index < -0.39 is 0 Å². The molecule has 0 bridgehead atoms. The molecule has 0 aliphatic rings. The van der Waals surface area contributed by atoms with Crippen LogP contribution in [0.15, 0.2) is 53.5 Å². The molecule has 2 aromatic rings. The maximum Gasteiger partial charge on any atom is 0.197 e. The molecule has 0 aliphatic heterocycles. The number of aliphatic imine (C=N–C) groups is 1. The standard InChI is InChI=1S/C15H16F2N4/c1-21(14-4-2-3-12(17)9-14)15(18)20-10-19-13-7-5-11(16)6-8-13/h2-9,19H,10H2,1H3,(H2,18,20). The Bertz CT molecular complexity index is 626. The van der Waals surface area contributed by atoms with Crippen LogP contribution in [0.4, 0.5) is 20.2 Å². The second kappa shape index (κ2) is 6.69. The predicted molar refractivity (Wildman–Crippen MR) is 81.3 cm³/mol. The van der Waals surface area contributed by atoms with Gasteiger partial charge >= 0.3 is 0 Å². The van der Waals surface area contributed by atoms with Gasteiger partial charge in [-0.05, 0) is 42.5 Å². The molecule has 0 spiro atoms. The van der Waals surface area contributed by atoms with Gasteiger partial charge in [0, 0.05) is 18.4 Å². The van der Waals surface area contributed by atoms with E-state index in [1.165, 1.54) is 24.3 Å². The highest BCUT2D eigenvalue weighted by Gasteiger charge is 2.05. The van der Waals surface area contributed by atoms with E-state index in [1.54, 1.807) is 36.2 Å². The number of halogens is 2. The molecule has 0 saturated carbocycles. The van der Waals surface area contributed by atoms with Crippen LogP contribution in [0, 0.1) is 11.6 Å².